The zero-order valence-corrected chi connectivity index (χ0v) is 28.1. The first kappa shape index (κ1) is 32.8. The number of anilines is 1. The molecule has 1 aromatic heterocycles. The lowest BCUT2D eigenvalue weighted by atomic mass is 9.33. The second-order valence-electron chi connectivity index (χ2n) is 16.3. The maximum absolute atomic E-state index is 13.3. The van der Waals surface area contributed by atoms with Gasteiger partial charge in [-0.2, -0.15) is 5.26 Å². The molecule has 44 heavy (non-hydrogen) atoms. The fourth-order valence-electron chi connectivity index (χ4n) is 11.6. The predicted molar refractivity (Wildman–Crippen MR) is 169 cm³/mol. The molecule has 5 aliphatic rings. The number of carbonyl (C=O) groups is 3. The van der Waals surface area contributed by atoms with Gasteiger partial charge in [0.1, 0.15) is 17.6 Å². The van der Waals surface area contributed by atoms with Gasteiger partial charge in [-0.25, -0.2) is 14.8 Å². The first-order valence-corrected chi connectivity index (χ1v) is 16.7. The maximum atomic E-state index is 13.3. The number of nitrogens with zero attached hydrogens (tertiary/aromatic N) is 2. The molecule has 8 nitrogen and oxygen atoms in total. The van der Waals surface area contributed by atoms with Crippen LogP contribution in [0.25, 0.3) is 0 Å². The number of hydrogen-bond donors (Lipinski definition) is 2. The van der Waals surface area contributed by atoms with Crippen LogP contribution in [0.15, 0.2) is 29.7 Å². The van der Waals surface area contributed by atoms with Crippen molar-refractivity contribution >= 4 is 23.5 Å². The average Bonchev–Trinajstić information content (AvgIpc) is 3.26. The minimum Gasteiger partial charge on any atom is -0.311 e. The highest BCUT2D eigenvalue weighted by molar-refractivity contribution is 6.05. The van der Waals surface area contributed by atoms with E-state index in [4.69, 9.17) is 0 Å². The molecule has 242 valence electrons. The molecule has 1 heterocycles. The van der Waals surface area contributed by atoms with Crippen LogP contribution in [0.4, 0.5) is 5.82 Å². The summed E-state index contributed by atoms with van der Waals surface area (Å²) >= 11 is 0. The summed E-state index contributed by atoms with van der Waals surface area (Å²) in [4.78, 5) is 48.7. The molecule has 0 spiro atoms. The molecule has 8 heteroatoms. The molecular formula is C36H53N3O5. The van der Waals surface area contributed by atoms with Crippen molar-refractivity contribution in [3.8, 4) is 0 Å². The Morgan fingerprint density at radius 2 is 1.70 bits per heavy atom. The van der Waals surface area contributed by atoms with Gasteiger partial charge < -0.3 is 10.2 Å². The van der Waals surface area contributed by atoms with Gasteiger partial charge in [0.25, 0.3) is 0 Å². The Labute approximate surface area is 263 Å². The zero-order valence-electron chi connectivity index (χ0n) is 28.1. The molecule has 7 atom stereocenters. The van der Waals surface area contributed by atoms with Crippen LogP contribution in [0.3, 0.4) is 0 Å². The Hall–Kier alpha value is -2.61. The molecule has 5 aliphatic carbocycles. The van der Waals surface area contributed by atoms with Crippen molar-refractivity contribution in [2.24, 2.45) is 50.7 Å². The van der Waals surface area contributed by atoms with Crippen LogP contribution in [0, 0.1) is 50.7 Å². The van der Waals surface area contributed by atoms with E-state index < -0.39 is 11.4 Å². The van der Waals surface area contributed by atoms with Gasteiger partial charge in [0.05, 0.1) is 0 Å². The fraction of sp³-hybridized carbons (Fsp3) is 0.750. The smallest absolute Gasteiger partial charge is 0.311 e. The van der Waals surface area contributed by atoms with Crippen molar-refractivity contribution in [3.05, 3.63) is 29.7 Å². The van der Waals surface area contributed by atoms with Crippen molar-refractivity contribution in [1.82, 2.24) is 9.97 Å². The third-order valence-corrected chi connectivity index (χ3v) is 13.5. The van der Waals surface area contributed by atoms with E-state index in [0.717, 1.165) is 29.9 Å². The number of aromatic nitrogens is 2. The molecular weight excluding hydrogens is 554 g/mol. The summed E-state index contributed by atoms with van der Waals surface area (Å²) in [5.41, 5.74) is 1.96. The highest BCUT2D eigenvalue weighted by Gasteiger charge is 2.70. The summed E-state index contributed by atoms with van der Waals surface area (Å²) < 4.78 is 0. The fourth-order valence-corrected chi connectivity index (χ4v) is 11.6. The Bertz CT molecular complexity index is 1340. The molecule has 0 bridgehead atoms. The van der Waals surface area contributed by atoms with Crippen molar-refractivity contribution in [1.29, 1.82) is 0 Å². The molecule has 1 amide bonds. The number of Topliss-reactive ketones (excluding diaryl/α,β-unsaturated/α-hetero) is 1. The second-order valence-corrected chi connectivity index (χ2v) is 16.3. The lowest BCUT2D eigenvalue weighted by Gasteiger charge is -2.71. The molecule has 0 unspecified atom stereocenters. The van der Waals surface area contributed by atoms with Gasteiger partial charge in [-0.15, -0.1) is 0 Å². The standard InChI is InChI=1S/C30H46O4.C6H7N3O/c1-18(2)23-20(31)17-30(25(32)34-33)16-15-28(6)19(24(23)30)9-10-22-27(5)13-8-12-26(3,4)21(27)11-14-29(22,28)7;1-5(10)9-6-2-3-7-4-8-6/h18-19,21-22,33H,8-17H2,1-7H3;2-4H,1H3,(H,7,8,9,10)/t19-,21+,22-,27+,28-,29-,30-;/m1./s1. The monoisotopic (exact) mass is 607 g/mol. The number of allylic oxidation sites excluding steroid dienone is 1. The summed E-state index contributed by atoms with van der Waals surface area (Å²) in [5, 5.41) is 12.0. The normalized spacial score (nSPS) is 38.8. The van der Waals surface area contributed by atoms with E-state index in [9.17, 15) is 19.6 Å². The number of hydrogen-bond acceptors (Lipinski definition) is 7. The maximum Gasteiger partial charge on any atom is 0.352 e. The Morgan fingerprint density at radius 3 is 2.32 bits per heavy atom. The van der Waals surface area contributed by atoms with E-state index in [0.29, 0.717) is 29.0 Å². The van der Waals surface area contributed by atoms with Gasteiger partial charge in [-0.3, -0.25) is 9.59 Å². The number of fused-ring (bicyclic) bond motifs is 7. The van der Waals surface area contributed by atoms with Crippen LogP contribution in [0.5, 0.6) is 0 Å². The summed E-state index contributed by atoms with van der Waals surface area (Å²) in [6.07, 6.45) is 13.4. The molecule has 4 fully saturated rings. The lowest BCUT2D eigenvalue weighted by molar-refractivity contribution is -0.250. The van der Waals surface area contributed by atoms with E-state index >= 15 is 0 Å². The van der Waals surface area contributed by atoms with E-state index in [-0.39, 0.29) is 40.8 Å². The molecule has 6 rings (SSSR count). The number of nitrogens with one attached hydrogen (secondary N) is 1. The zero-order chi connectivity index (χ0) is 32.3. The van der Waals surface area contributed by atoms with Gasteiger partial charge in [-0.05, 0) is 114 Å². The molecule has 0 saturated heterocycles. The van der Waals surface area contributed by atoms with Crippen molar-refractivity contribution in [3.63, 3.8) is 0 Å². The predicted octanol–water partition coefficient (Wildman–Crippen LogP) is 7.81. The SMILES string of the molecule is CC(=O)Nc1ccncn1.CC(C)C1=C2[C@H]3CC[C@@H]4[C@@]5(C)CCCC(C)(C)[C@@H]5CC[C@@]4(C)[C@]3(C)CC[C@@]2(C(=O)OO)CC1=O. The lowest BCUT2D eigenvalue weighted by Crippen LogP contribution is -2.64. The largest absolute Gasteiger partial charge is 0.352 e. The minimum absolute atomic E-state index is 0.0464. The highest BCUT2D eigenvalue weighted by Crippen LogP contribution is 2.76. The van der Waals surface area contributed by atoms with Gasteiger partial charge in [-0.1, -0.05) is 54.9 Å². The van der Waals surface area contributed by atoms with Crippen molar-refractivity contribution in [2.45, 2.75) is 120 Å². The Morgan fingerprint density at radius 1 is 0.977 bits per heavy atom. The minimum atomic E-state index is -0.952. The molecule has 0 radical (unpaired) electrons. The molecule has 0 aliphatic heterocycles. The van der Waals surface area contributed by atoms with Gasteiger partial charge in [0.15, 0.2) is 5.78 Å². The van der Waals surface area contributed by atoms with Crippen LogP contribution in [0.2, 0.25) is 0 Å². The summed E-state index contributed by atoms with van der Waals surface area (Å²) in [5.74, 6) is 1.64. The van der Waals surface area contributed by atoms with E-state index in [2.05, 4.69) is 68.6 Å². The number of carbonyl (C=O) groups excluding carboxylic acids is 3. The topological polar surface area (TPSA) is 118 Å². The summed E-state index contributed by atoms with van der Waals surface area (Å²) in [6.45, 7) is 18.3. The van der Waals surface area contributed by atoms with Crippen LogP contribution in [-0.2, 0) is 19.3 Å². The third kappa shape index (κ3) is 4.85. The number of amides is 1. The van der Waals surface area contributed by atoms with Crippen LogP contribution < -0.4 is 5.32 Å². The molecule has 1 aromatic rings. The van der Waals surface area contributed by atoms with E-state index in [1.165, 1.54) is 51.8 Å². The third-order valence-electron chi connectivity index (χ3n) is 13.5. The second kappa shape index (κ2) is 11.3. The van der Waals surface area contributed by atoms with Gasteiger partial charge in [0.2, 0.25) is 5.91 Å². The first-order valence-electron chi connectivity index (χ1n) is 16.7. The Kier molecular flexibility index (Phi) is 8.44. The number of rotatable bonds is 3. The quantitative estimate of drug-likeness (QED) is 0.266. The van der Waals surface area contributed by atoms with E-state index in [1.54, 1.807) is 12.3 Å². The van der Waals surface area contributed by atoms with Gasteiger partial charge >= 0.3 is 5.97 Å². The molecule has 2 N–H and O–H groups in total. The first-order chi connectivity index (χ1) is 20.6. The highest BCUT2D eigenvalue weighted by atomic mass is 17.1. The average molecular weight is 608 g/mol. The van der Waals surface area contributed by atoms with Crippen LogP contribution in [0.1, 0.15) is 120 Å². The van der Waals surface area contributed by atoms with E-state index in [1.807, 2.05) is 0 Å². The Balaban J connectivity index is 0.000000328. The van der Waals surface area contributed by atoms with Gasteiger partial charge in [0, 0.05) is 19.5 Å². The van der Waals surface area contributed by atoms with Crippen LogP contribution in [-0.4, -0.2) is 32.9 Å². The molecule has 0 aromatic carbocycles. The van der Waals surface area contributed by atoms with Crippen molar-refractivity contribution in [2.75, 3.05) is 5.32 Å². The summed E-state index contributed by atoms with van der Waals surface area (Å²) in [7, 11) is 0. The number of ketones is 1. The molecule has 4 saturated carbocycles. The summed E-state index contributed by atoms with van der Waals surface area (Å²) in [6, 6.07) is 1.63. The van der Waals surface area contributed by atoms with Crippen LogP contribution >= 0.6 is 0 Å². The van der Waals surface area contributed by atoms with Crippen molar-refractivity contribution < 1.29 is 24.5 Å².